The maximum atomic E-state index is 13.5. The Hall–Kier alpha value is -4.33. The van der Waals surface area contributed by atoms with Crippen molar-refractivity contribution in [1.29, 1.82) is 0 Å². The van der Waals surface area contributed by atoms with Gasteiger partial charge in [0.25, 0.3) is 11.7 Å². The van der Waals surface area contributed by atoms with Gasteiger partial charge in [-0.05, 0) is 34.4 Å². The maximum absolute atomic E-state index is 13.5. The fourth-order valence-corrected chi connectivity index (χ4v) is 4.52. The smallest absolute Gasteiger partial charge is 0.451 e. The molecule has 4 rings (SSSR count). The molecule has 0 fully saturated rings. The van der Waals surface area contributed by atoms with Crippen molar-refractivity contribution >= 4 is 45.9 Å². The summed E-state index contributed by atoms with van der Waals surface area (Å²) in [5.41, 5.74) is 7.00. The van der Waals surface area contributed by atoms with Gasteiger partial charge >= 0.3 is 11.9 Å². The lowest BCUT2D eigenvalue weighted by molar-refractivity contribution is -0.340. The molecule has 38 heavy (non-hydrogen) atoms. The van der Waals surface area contributed by atoms with Crippen LogP contribution >= 0.6 is 0 Å². The molecule has 0 spiro atoms. The predicted molar refractivity (Wildman–Crippen MR) is 149 cm³/mol. The van der Waals surface area contributed by atoms with Gasteiger partial charge in [0.05, 0.1) is 7.05 Å². The first-order valence-electron chi connectivity index (χ1n) is 12.4. The molecule has 196 valence electrons. The second-order valence-corrected chi connectivity index (χ2v) is 11.6. The Morgan fingerprint density at radius 3 is 2.05 bits per heavy atom. The molecular weight excluding hydrogens is 480 g/mol. The molecule has 3 N–H and O–H groups in total. The van der Waals surface area contributed by atoms with Crippen molar-refractivity contribution in [2.45, 2.75) is 52.4 Å². The highest BCUT2D eigenvalue weighted by atomic mass is 16.3. The normalized spacial score (nSPS) is 16.1. The Kier molecular flexibility index (Phi) is 6.47. The van der Waals surface area contributed by atoms with E-state index in [0.29, 0.717) is 16.8 Å². The third kappa shape index (κ3) is 4.58. The molecule has 0 unspecified atom stereocenters. The molecule has 1 aliphatic heterocycles. The molecule has 0 radical (unpaired) electrons. The van der Waals surface area contributed by atoms with Gasteiger partial charge in [0.15, 0.2) is 0 Å². The Labute approximate surface area is 222 Å². The predicted octanol–water partition coefficient (Wildman–Crippen LogP) is 5.02. The fourth-order valence-electron chi connectivity index (χ4n) is 4.52. The number of fused-ring (bicyclic) bond motifs is 1. The summed E-state index contributed by atoms with van der Waals surface area (Å²) in [6, 6.07) is 15.4. The van der Waals surface area contributed by atoms with Crippen molar-refractivity contribution in [2.75, 3.05) is 7.05 Å². The number of nitrogens with two attached hydrogens (primary N) is 1. The van der Waals surface area contributed by atoms with E-state index in [-0.39, 0.29) is 22.9 Å². The van der Waals surface area contributed by atoms with E-state index in [1.807, 2.05) is 71.9 Å². The number of nitrogens with zero attached hydrogens (tertiary/aromatic N) is 3. The first-order chi connectivity index (χ1) is 17.6. The number of phenols is 1. The maximum Gasteiger partial charge on any atom is 0.451 e. The van der Waals surface area contributed by atoms with Gasteiger partial charge in [-0.2, -0.15) is 14.5 Å². The van der Waals surface area contributed by atoms with Gasteiger partial charge < -0.3 is 10.8 Å². The van der Waals surface area contributed by atoms with Gasteiger partial charge in [0.1, 0.15) is 11.4 Å². The van der Waals surface area contributed by atoms with Crippen LogP contribution in [0.15, 0.2) is 59.6 Å². The number of phenolic OH excluding ortho intramolecular Hbond substituents is 1. The average Bonchev–Trinajstić information content (AvgIpc) is 2.84. The summed E-state index contributed by atoms with van der Waals surface area (Å²) in [4.78, 5) is 44.8. The molecule has 8 heteroatoms. The topological polar surface area (TPSA) is 116 Å². The molecule has 3 aromatic rings. The lowest BCUT2D eigenvalue weighted by Gasteiger charge is -2.27. The molecular formula is C30H33N4O4+. The summed E-state index contributed by atoms with van der Waals surface area (Å²) in [7, 11) is 1.32. The van der Waals surface area contributed by atoms with E-state index in [4.69, 9.17) is 5.73 Å². The zero-order valence-electron chi connectivity index (χ0n) is 22.8. The van der Waals surface area contributed by atoms with Crippen LogP contribution in [0.3, 0.4) is 0 Å². The molecule has 0 aliphatic carbocycles. The molecule has 0 aromatic heterocycles. The van der Waals surface area contributed by atoms with Crippen LogP contribution in [0.4, 0.5) is 10.5 Å². The fraction of sp³-hybridized carbons (Fsp3) is 0.300. The third-order valence-corrected chi connectivity index (χ3v) is 6.66. The van der Waals surface area contributed by atoms with Crippen LogP contribution < -0.4 is 5.73 Å². The van der Waals surface area contributed by atoms with Gasteiger partial charge in [-0.1, -0.05) is 77.9 Å². The largest absolute Gasteiger partial charge is 0.507 e. The number of hydrogen-bond donors (Lipinski definition) is 2. The number of carbonyl (C=O) groups is 3. The van der Waals surface area contributed by atoms with E-state index in [1.54, 1.807) is 24.3 Å². The number of imide groups is 1. The molecule has 3 aromatic carbocycles. The van der Waals surface area contributed by atoms with Crippen LogP contribution in [0.2, 0.25) is 0 Å². The van der Waals surface area contributed by atoms with Gasteiger partial charge in [0, 0.05) is 22.1 Å². The van der Waals surface area contributed by atoms with Gasteiger partial charge in [-0.25, -0.2) is 9.59 Å². The molecule has 1 heterocycles. The van der Waals surface area contributed by atoms with Crippen molar-refractivity contribution in [2.24, 2.45) is 10.7 Å². The summed E-state index contributed by atoms with van der Waals surface area (Å²) in [6.45, 7) is 11.6. The molecule has 0 bridgehead atoms. The number of aliphatic imine (C=N–C) groups is 1. The quantitative estimate of drug-likeness (QED) is 0.467. The molecule has 4 amide bonds. The van der Waals surface area contributed by atoms with E-state index in [9.17, 15) is 19.5 Å². The second kappa shape index (κ2) is 9.20. The number of aromatic hydroxyl groups is 1. The first-order valence-corrected chi connectivity index (χ1v) is 12.4. The van der Waals surface area contributed by atoms with Crippen LogP contribution in [-0.4, -0.2) is 51.0 Å². The number of benzene rings is 3. The number of carbonyl (C=O) groups excluding carboxylic acids is 3. The minimum absolute atomic E-state index is 0.126. The van der Waals surface area contributed by atoms with Crippen LogP contribution in [-0.2, 0) is 15.6 Å². The minimum Gasteiger partial charge on any atom is -0.507 e. The molecule has 0 saturated carbocycles. The molecule has 8 nitrogen and oxygen atoms in total. The Bertz CT molecular complexity index is 1530. The van der Waals surface area contributed by atoms with Gasteiger partial charge in [-0.15, -0.1) is 0 Å². The van der Waals surface area contributed by atoms with Crippen molar-refractivity contribution in [3.63, 3.8) is 0 Å². The summed E-state index contributed by atoms with van der Waals surface area (Å²) in [6.07, 6.45) is 0. The van der Waals surface area contributed by atoms with Crippen LogP contribution in [0, 0.1) is 0 Å². The van der Waals surface area contributed by atoms with E-state index in [2.05, 4.69) is 4.99 Å². The Morgan fingerprint density at radius 2 is 1.47 bits per heavy atom. The van der Waals surface area contributed by atoms with E-state index < -0.39 is 28.7 Å². The lowest BCUT2D eigenvalue weighted by atomic mass is 9.78. The summed E-state index contributed by atoms with van der Waals surface area (Å²) in [5.74, 6) is -1.58. The average molecular weight is 514 g/mol. The zero-order valence-corrected chi connectivity index (χ0v) is 22.8. The summed E-state index contributed by atoms with van der Waals surface area (Å²) < 4.78 is 1.20. The monoisotopic (exact) mass is 513 g/mol. The number of amidine groups is 1. The standard InChI is InChI=1S/C30H32N4O4/c1-29(2,3)20-15-18(16-21(24(20)35)30(4,5)6)26(36)32-23-25(31)34(28(38)33(7)27(23)37)22-14-10-12-17-11-8-9-13-19(17)22/h8-16,31H,1-7H3,(H,35,36)/p+1. The van der Waals surface area contributed by atoms with E-state index in [0.717, 1.165) is 15.7 Å². The van der Waals surface area contributed by atoms with Crippen LogP contribution in [0.5, 0.6) is 5.75 Å². The van der Waals surface area contributed by atoms with Gasteiger partial charge in [-0.3, -0.25) is 4.79 Å². The first kappa shape index (κ1) is 26.7. The molecule has 0 atom stereocenters. The lowest BCUT2D eigenvalue weighted by Crippen LogP contribution is -2.55. The number of amides is 4. The second-order valence-electron chi connectivity index (χ2n) is 11.6. The Balaban J connectivity index is 1.93. The highest BCUT2D eigenvalue weighted by Gasteiger charge is 2.43. The minimum atomic E-state index is -0.775. The number of rotatable bonds is 2. The molecule has 1 aliphatic rings. The highest BCUT2D eigenvalue weighted by Crippen LogP contribution is 2.40. The van der Waals surface area contributed by atoms with Crippen molar-refractivity contribution in [3.8, 4) is 5.75 Å². The number of urea groups is 1. The van der Waals surface area contributed by atoms with Crippen molar-refractivity contribution in [1.82, 2.24) is 4.90 Å². The highest BCUT2D eigenvalue weighted by molar-refractivity contribution is 6.68. The summed E-state index contributed by atoms with van der Waals surface area (Å²) in [5, 5.41) is 12.6. The SMILES string of the molecule is CN1C(=O)C(=NC(=O)c2cc(C(C)(C)C)c(O)c(C(C)(C)C)c2)C(N)=[N+](c2cccc3ccccc23)C1=O. The van der Waals surface area contributed by atoms with Gasteiger partial charge in [0.2, 0.25) is 5.71 Å². The zero-order chi connectivity index (χ0) is 28.2. The Morgan fingerprint density at radius 1 is 0.921 bits per heavy atom. The van der Waals surface area contributed by atoms with E-state index in [1.165, 1.54) is 11.6 Å². The molecule has 0 saturated heterocycles. The number of hydrogen-bond acceptors (Lipinski definition) is 5. The van der Waals surface area contributed by atoms with Crippen molar-refractivity contribution < 1.29 is 24.1 Å². The van der Waals surface area contributed by atoms with Crippen molar-refractivity contribution in [3.05, 3.63) is 71.3 Å². The third-order valence-electron chi connectivity index (χ3n) is 6.66. The summed E-state index contributed by atoms with van der Waals surface area (Å²) >= 11 is 0. The van der Waals surface area contributed by atoms with Crippen LogP contribution in [0.1, 0.15) is 63.0 Å². The van der Waals surface area contributed by atoms with Crippen LogP contribution in [0.25, 0.3) is 10.8 Å². The van der Waals surface area contributed by atoms with E-state index >= 15 is 0 Å².